The monoisotopic (exact) mass is 612 g/mol. The van der Waals surface area contributed by atoms with E-state index in [1.807, 2.05) is 22.6 Å². The topological polar surface area (TPSA) is 121 Å². The van der Waals surface area contributed by atoms with E-state index >= 15 is 4.39 Å². The number of aliphatic hydroxyl groups is 2. The maximum Gasteiger partial charge on any atom is 0.254 e. The summed E-state index contributed by atoms with van der Waals surface area (Å²) >= 11 is 1.92. The van der Waals surface area contributed by atoms with E-state index in [1.165, 1.54) is 30.5 Å². The Morgan fingerprint density at radius 3 is 2.67 bits per heavy atom. The number of nitrogens with one attached hydrogen (secondary N) is 1. The van der Waals surface area contributed by atoms with Crippen molar-refractivity contribution in [3.63, 3.8) is 0 Å². The smallest absolute Gasteiger partial charge is 0.254 e. The van der Waals surface area contributed by atoms with Crippen LogP contribution in [0.1, 0.15) is 52.8 Å². The number of aromatic nitrogens is 2. The second-order valence-electron chi connectivity index (χ2n) is 8.73. The number of rotatable bonds is 6. The average Bonchev–Trinajstić information content (AvgIpc) is 2.83. The highest BCUT2D eigenvalue weighted by Gasteiger charge is 2.31. The van der Waals surface area contributed by atoms with Crippen LogP contribution in [0.5, 0.6) is 0 Å². The van der Waals surface area contributed by atoms with E-state index in [-0.39, 0.29) is 35.0 Å². The van der Waals surface area contributed by atoms with Gasteiger partial charge in [0.2, 0.25) is 0 Å². The highest BCUT2D eigenvalue weighted by molar-refractivity contribution is 14.1. The number of nitrogens with two attached hydrogens (primary N) is 1. The minimum Gasteiger partial charge on any atom is -0.394 e. The lowest BCUT2D eigenvalue weighted by molar-refractivity contribution is 0.0363. The number of hydrogen-bond donors (Lipinski definition) is 4. The fourth-order valence-corrected chi connectivity index (χ4v) is 4.94. The first kappa shape index (κ1) is 26.3. The number of amides is 1. The fourth-order valence-electron chi connectivity index (χ4n) is 4.28. The molecule has 0 radical (unpaired) electrons. The Bertz CT molecular complexity index is 1260. The molecule has 1 aliphatic carbocycles. The van der Waals surface area contributed by atoms with Crippen LogP contribution in [0.15, 0.2) is 42.6 Å². The summed E-state index contributed by atoms with van der Waals surface area (Å²) in [6, 6.07) is 6.98. The number of carbonyl (C=O) groups excluding carboxylic acids is 1. The summed E-state index contributed by atoms with van der Waals surface area (Å²) in [5.41, 5.74) is 7.00. The lowest BCUT2D eigenvalue weighted by Gasteiger charge is -2.28. The van der Waals surface area contributed by atoms with Crippen LogP contribution in [0.25, 0.3) is 11.3 Å². The quantitative estimate of drug-likeness (QED) is 0.312. The molecule has 1 aliphatic rings. The lowest BCUT2D eigenvalue weighted by Crippen LogP contribution is -2.31. The summed E-state index contributed by atoms with van der Waals surface area (Å²) in [6.45, 7) is -0.512. The van der Waals surface area contributed by atoms with Crippen molar-refractivity contribution in [3.8, 4) is 11.3 Å². The van der Waals surface area contributed by atoms with Gasteiger partial charge in [-0.15, -0.1) is 0 Å². The molecule has 1 aromatic heterocycles. The highest BCUT2D eigenvalue weighted by Crippen LogP contribution is 2.35. The van der Waals surface area contributed by atoms with Gasteiger partial charge in [0.1, 0.15) is 29.3 Å². The summed E-state index contributed by atoms with van der Waals surface area (Å²) in [7, 11) is 0. The van der Waals surface area contributed by atoms with Crippen molar-refractivity contribution in [2.45, 2.75) is 43.5 Å². The SMILES string of the molecule is Nc1ncc([C@H]2CC[C@H](O)[C@@H](F)C2)nc1-c1ccc(C(=O)NC(CO)c2cc(F)cc(I)c2)c(F)c1. The first-order chi connectivity index (χ1) is 17.2. The number of halogens is 4. The molecule has 0 saturated heterocycles. The van der Waals surface area contributed by atoms with Gasteiger partial charge in [-0.2, -0.15) is 0 Å². The Kier molecular flexibility index (Phi) is 8.10. The Morgan fingerprint density at radius 1 is 1.22 bits per heavy atom. The van der Waals surface area contributed by atoms with E-state index in [0.29, 0.717) is 27.7 Å². The summed E-state index contributed by atoms with van der Waals surface area (Å²) in [5, 5.41) is 21.9. The van der Waals surface area contributed by atoms with E-state index in [1.54, 1.807) is 6.07 Å². The van der Waals surface area contributed by atoms with Crippen molar-refractivity contribution < 1.29 is 28.2 Å². The number of nitrogens with zero attached hydrogens (tertiary/aromatic N) is 2. The molecule has 0 bridgehead atoms. The Morgan fingerprint density at radius 2 is 2.00 bits per heavy atom. The minimum absolute atomic E-state index is 0.0454. The van der Waals surface area contributed by atoms with E-state index in [2.05, 4.69) is 15.3 Å². The first-order valence-electron chi connectivity index (χ1n) is 11.3. The molecular weight excluding hydrogens is 588 g/mol. The third-order valence-electron chi connectivity index (χ3n) is 6.24. The van der Waals surface area contributed by atoms with Crippen molar-refractivity contribution >= 4 is 34.3 Å². The molecule has 2 aromatic carbocycles. The van der Waals surface area contributed by atoms with Gasteiger partial charge in [0.25, 0.3) is 5.91 Å². The van der Waals surface area contributed by atoms with Crippen LogP contribution < -0.4 is 11.1 Å². The van der Waals surface area contributed by atoms with Gasteiger partial charge in [-0.25, -0.2) is 23.1 Å². The molecule has 5 N–H and O–H groups in total. The minimum atomic E-state index is -1.36. The van der Waals surface area contributed by atoms with E-state index in [0.717, 1.165) is 6.07 Å². The van der Waals surface area contributed by atoms with E-state index in [4.69, 9.17) is 5.73 Å². The summed E-state index contributed by atoms with van der Waals surface area (Å²) in [6.07, 6.45) is 0.0295. The molecule has 1 heterocycles. The van der Waals surface area contributed by atoms with E-state index in [9.17, 15) is 23.8 Å². The highest BCUT2D eigenvalue weighted by atomic mass is 127. The molecule has 190 valence electrons. The predicted octanol–water partition coefficient (Wildman–Crippen LogP) is 4.04. The molecule has 11 heteroatoms. The van der Waals surface area contributed by atoms with E-state index < -0.39 is 42.5 Å². The molecular formula is C25H24F3IN4O3. The molecule has 0 spiro atoms. The Labute approximate surface area is 219 Å². The molecule has 4 atom stereocenters. The number of alkyl halides is 1. The number of hydrogen-bond acceptors (Lipinski definition) is 6. The third-order valence-corrected chi connectivity index (χ3v) is 6.86. The maximum atomic E-state index is 15.0. The lowest BCUT2D eigenvalue weighted by atomic mass is 9.84. The molecule has 1 saturated carbocycles. The number of carbonyl (C=O) groups is 1. The zero-order valence-electron chi connectivity index (χ0n) is 19.0. The standard InChI is InChI=1S/C25H24F3IN4O3/c26-15-5-14(6-16(29)9-15)21(11-34)33-25(36)17-3-1-13(8-18(17)27)23-24(30)31-10-20(32-23)12-2-4-22(35)19(28)7-12/h1,3,5-6,8-10,12,19,21-22,34-35H,2,4,7,11H2,(H2,30,31)(H,33,36)/t12-,19-,21?,22-/m0/s1. The van der Waals surface area contributed by atoms with Crippen LogP contribution in [0.4, 0.5) is 19.0 Å². The van der Waals surface area contributed by atoms with Crippen molar-refractivity contribution in [2.24, 2.45) is 0 Å². The van der Waals surface area contributed by atoms with Crippen LogP contribution in [0.2, 0.25) is 0 Å². The largest absolute Gasteiger partial charge is 0.394 e. The van der Waals surface area contributed by atoms with Gasteiger partial charge in [-0.3, -0.25) is 4.79 Å². The average molecular weight is 612 g/mol. The van der Waals surface area contributed by atoms with Gasteiger partial charge in [-0.1, -0.05) is 6.07 Å². The molecule has 7 nitrogen and oxygen atoms in total. The van der Waals surface area contributed by atoms with Gasteiger partial charge in [0, 0.05) is 15.1 Å². The van der Waals surface area contributed by atoms with Crippen LogP contribution in [-0.2, 0) is 0 Å². The number of nitrogen functional groups attached to an aromatic ring is 1. The van der Waals surface area contributed by atoms with Crippen LogP contribution in [0, 0.1) is 15.2 Å². The molecule has 1 amide bonds. The van der Waals surface area contributed by atoms with Crippen LogP contribution in [0.3, 0.4) is 0 Å². The van der Waals surface area contributed by atoms with Crippen LogP contribution in [-0.4, -0.2) is 45.0 Å². The second kappa shape index (κ2) is 11.1. The van der Waals surface area contributed by atoms with Gasteiger partial charge in [-0.05, 0) is 77.7 Å². The number of aliphatic hydroxyl groups excluding tert-OH is 2. The first-order valence-corrected chi connectivity index (χ1v) is 12.4. The molecule has 0 aliphatic heterocycles. The van der Waals surface area contributed by atoms with Gasteiger partial charge < -0.3 is 21.3 Å². The maximum absolute atomic E-state index is 15.0. The number of benzene rings is 2. The number of anilines is 1. The third kappa shape index (κ3) is 5.79. The van der Waals surface area contributed by atoms with Crippen molar-refractivity contribution in [1.82, 2.24) is 15.3 Å². The summed E-state index contributed by atoms with van der Waals surface area (Å²) in [4.78, 5) is 21.4. The molecule has 1 unspecified atom stereocenters. The zero-order valence-corrected chi connectivity index (χ0v) is 21.1. The van der Waals surface area contributed by atoms with Crippen LogP contribution >= 0.6 is 22.6 Å². The van der Waals surface area contributed by atoms with Gasteiger partial charge in [0.15, 0.2) is 0 Å². The summed E-state index contributed by atoms with van der Waals surface area (Å²) in [5.74, 6) is -2.38. The predicted molar refractivity (Wildman–Crippen MR) is 136 cm³/mol. The fraction of sp³-hybridized carbons (Fsp3) is 0.320. The van der Waals surface area contributed by atoms with Crippen molar-refractivity contribution in [1.29, 1.82) is 0 Å². The van der Waals surface area contributed by atoms with Gasteiger partial charge in [0.05, 0.1) is 36.2 Å². The Balaban J connectivity index is 1.56. The normalized spacial score (nSPS) is 20.7. The summed E-state index contributed by atoms with van der Waals surface area (Å²) < 4.78 is 43.4. The second-order valence-corrected chi connectivity index (χ2v) is 9.97. The van der Waals surface area contributed by atoms with Gasteiger partial charge >= 0.3 is 0 Å². The molecule has 36 heavy (non-hydrogen) atoms. The van der Waals surface area contributed by atoms with Crippen molar-refractivity contribution in [3.05, 3.63) is 74.6 Å². The molecule has 3 aromatic rings. The molecule has 4 rings (SSSR count). The Hall–Kier alpha value is -2.77. The zero-order chi connectivity index (χ0) is 26.0. The van der Waals surface area contributed by atoms with Crippen molar-refractivity contribution in [2.75, 3.05) is 12.3 Å². The molecule has 1 fully saturated rings.